The minimum Gasteiger partial charge on any atom is -0.404 e. The maximum absolute atomic E-state index is 12.5. The van der Waals surface area contributed by atoms with Gasteiger partial charge < -0.3 is 9.26 Å². The van der Waals surface area contributed by atoms with Gasteiger partial charge in [-0.1, -0.05) is 44.5 Å². The number of ether oxygens (including phenoxy) is 1. The summed E-state index contributed by atoms with van der Waals surface area (Å²) < 4.78 is 10.7. The standard InChI is InChI=1S/C20H25ClN2O3/c1-20(2,3)17-11-18(22-26-17)25-19(24)15-5-4-10-23(13-15)12-14-6-8-16(21)9-7-14/h6-9,11,15H,4-5,10,12-13H2,1-3H3. The smallest absolute Gasteiger partial charge is 0.317 e. The molecule has 1 aliphatic rings. The Kier molecular flexibility index (Phi) is 5.68. The molecule has 0 saturated carbocycles. The lowest BCUT2D eigenvalue weighted by molar-refractivity contribution is -0.141. The van der Waals surface area contributed by atoms with Crippen LogP contribution in [-0.2, 0) is 16.8 Å². The fraction of sp³-hybridized carbons (Fsp3) is 0.500. The number of rotatable bonds is 4. The molecule has 1 aromatic heterocycles. The molecule has 2 aromatic rings. The highest BCUT2D eigenvalue weighted by molar-refractivity contribution is 6.30. The Morgan fingerprint density at radius 3 is 2.73 bits per heavy atom. The van der Waals surface area contributed by atoms with Crippen molar-refractivity contribution in [2.45, 2.75) is 45.6 Å². The van der Waals surface area contributed by atoms with E-state index in [0.717, 1.165) is 31.0 Å². The zero-order chi connectivity index (χ0) is 18.7. The summed E-state index contributed by atoms with van der Waals surface area (Å²) in [6.07, 6.45) is 1.80. The maximum atomic E-state index is 12.5. The fourth-order valence-electron chi connectivity index (χ4n) is 3.09. The predicted molar refractivity (Wildman–Crippen MR) is 100 cm³/mol. The summed E-state index contributed by atoms with van der Waals surface area (Å²) in [5.41, 5.74) is 1.02. The van der Waals surface area contributed by atoms with Crippen molar-refractivity contribution in [2.24, 2.45) is 5.92 Å². The molecular formula is C20H25ClN2O3. The van der Waals surface area contributed by atoms with Gasteiger partial charge in [-0.25, -0.2) is 0 Å². The quantitative estimate of drug-likeness (QED) is 0.738. The Labute approximate surface area is 159 Å². The van der Waals surface area contributed by atoms with Crippen LogP contribution in [0, 0.1) is 5.92 Å². The van der Waals surface area contributed by atoms with Crippen molar-refractivity contribution < 1.29 is 14.1 Å². The molecule has 26 heavy (non-hydrogen) atoms. The molecule has 0 aliphatic carbocycles. The summed E-state index contributed by atoms with van der Waals surface area (Å²) in [6.45, 7) is 8.54. The number of hydrogen-bond acceptors (Lipinski definition) is 5. The van der Waals surface area contributed by atoms with Crippen molar-refractivity contribution in [1.29, 1.82) is 0 Å². The van der Waals surface area contributed by atoms with Gasteiger partial charge in [0.1, 0.15) is 5.76 Å². The Hall–Kier alpha value is -1.85. The lowest BCUT2D eigenvalue weighted by Gasteiger charge is -2.31. The Morgan fingerprint density at radius 2 is 2.08 bits per heavy atom. The highest BCUT2D eigenvalue weighted by Gasteiger charge is 2.29. The van der Waals surface area contributed by atoms with Gasteiger partial charge in [-0.3, -0.25) is 9.69 Å². The van der Waals surface area contributed by atoms with E-state index in [4.69, 9.17) is 20.9 Å². The van der Waals surface area contributed by atoms with Gasteiger partial charge in [-0.2, -0.15) is 0 Å². The lowest BCUT2D eigenvalue weighted by atomic mass is 9.93. The lowest BCUT2D eigenvalue weighted by Crippen LogP contribution is -2.39. The third-order valence-electron chi connectivity index (χ3n) is 4.59. The molecule has 1 unspecified atom stereocenters. The molecule has 0 spiro atoms. The average Bonchev–Trinajstić information content (AvgIpc) is 3.06. The Balaban J connectivity index is 1.57. The average molecular weight is 377 g/mol. The zero-order valence-electron chi connectivity index (χ0n) is 15.5. The zero-order valence-corrected chi connectivity index (χ0v) is 16.3. The van der Waals surface area contributed by atoms with Crippen molar-refractivity contribution in [3.05, 3.63) is 46.7 Å². The van der Waals surface area contributed by atoms with Gasteiger partial charge in [0.15, 0.2) is 0 Å². The van der Waals surface area contributed by atoms with E-state index in [9.17, 15) is 4.79 Å². The SMILES string of the molecule is CC(C)(C)c1cc(OC(=O)C2CCCN(Cc3ccc(Cl)cc3)C2)no1. The van der Waals surface area contributed by atoms with E-state index in [1.54, 1.807) is 6.07 Å². The molecule has 3 rings (SSSR count). The van der Waals surface area contributed by atoms with Gasteiger partial charge in [0.25, 0.3) is 5.88 Å². The summed E-state index contributed by atoms with van der Waals surface area (Å²) in [6, 6.07) is 9.53. The molecule has 1 atom stereocenters. The molecule has 0 bridgehead atoms. The van der Waals surface area contributed by atoms with Gasteiger partial charge in [0, 0.05) is 29.6 Å². The molecule has 0 radical (unpaired) electrons. The third-order valence-corrected chi connectivity index (χ3v) is 4.84. The molecule has 1 aliphatic heterocycles. The van der Waals surface area contributed by atoms with E-state index in [-0.39, 0.29) is 23.2 Å². The molecular weight excluding hydrogens is 352 g/mol. The number of aromatic nitrogens is 1. The van der Waals surface area contributed by atoms with E-state index in [0.29, 0.717) is 12.3 Å². The van der Waals surface area contributed by atoms with Crippen molar-refractivity contribution in [3.8, 4) is 5.88 Å². The monoisotopic (exact) mass is 376 g/mol. The van der Waals surface area contributed by atoms with Gasteiger partial charge in [0.2, 0.25) is 0 Å². The van der Waals surface area contributed by atoms with Crippen LogP contribution in [0.25, 0.3) is 0 Å². The normalized spacial score (nSPS) is 18.7. The Bertz CT molecular complexity index is 749. The molecule has 0 N–H and O–H groups in total. The highest BCUT2D eigenvalue weighted by atomic mass is 35.5. The molecule has 1 fully saturated rings. The molecule has 1 aromatic carbocycles. The maximum Gasteiger partial charge on any atom is 0.317 e. The molecule has 140 valence electrons. The minimum atomic E-state index is -0.237. The first-order valence-electron chi connectivity index (χ1n) is 8.97. The number of carbonyl (C=O) groups is 1. The number of piperidine rings is 1. The summed E-state index contributed by atoms with van der Waals surface area (Å²) in [5, 5.41) is 4.60. The number of benzene rings is 1. The van der Waals surface area contributed by atoms with Crippen LogP contribution in [-0.4, -0.2) is 29.1 Å². The van der Waals surface area contributed by atoms with Crippen LogP contribution in [0.4, 0.5) is 0 Å². The summed E-state index contributed by atoms with van der Waals surface area (Å²) in [7, 11) is 0. The Morgan fingerprint density at radius 1 is 1.35 bits per heavy atom. The van der Waals surface area contributed by atoms with Crippen LogP contribution in [0.15, 0.2) is 34.9 Å². The summed E-state index contributed by atoms with van der Waals surface area (Å²) in [5.74, 6) is 0.563. The predicted octanol–water partition coefficient (Wildman–Crippen LogP) is 4.44. The van der Waals surface area contributed by atoms with E-state index in [2.05, 4.69) is 10.1 Å². The topological polar surface area (TPSA) is 55.6 Å². The highest BCUT2D eigenvalue weighted by Crippen LogP contribution is 2.27. The number of halogens is 1. The first-order chi connectivity index (χ1) is 12.3. The first kappa shape index (κ1) is 18.9. The third kappa shape index (κ3) is 4.86. The van der Waals surface area contributed by atoms with Gasteiger partial charge in [0.05, 0.1) is 5.92 Å². The van der Waals surface area contributed by atoms with Crippen LogP contribution in [0.5, 0.6) is 5.88 Å². The van der Waals surface area contributed by atoms with E-state index in [1.807, 2.05) is 45.0 Å². The van der Waals surface area contributed by atoms with E-state index in [1.165, 1.54) is 5.56 Å². The van der Waals surface area contributed by atoms with Crippen LogP contribution < -0.4 is 4.74 Å². The van der Waals surface area contributed by atoms with Gasteiger partial charge in [-0.05, 0) is 42.2 Å². The van der Waals surface area contributed by atoms with Crippen LogP contribution >= 0.6 is 11.6 Å². The van der Waals surface area contributed by atoms with Crippen molar-refractivity contribution in [2.75, 3.05) is 13.1 Å². The number of esters is 1. The van der Waals surface area contributed by atoms with E-state index >= 15 is 0 Å². The van der Waals surface area contributed by atoms with E-state index < -0.39 is 0 Å². The molecule has 5 nitrogen and oxygen atoms in total. The van der Waals surface area contributed by atoms with Crippen molar-refractivity contribution in [1.82, 2.24) is 10.1 Å². The van der Waals surface area contributed by atoms with Crippen molar-refractivity contribution >= 4 is 17.6 Å². The molecule has 2 heterocycles. The number of likely N-dealkylation sites (tertiary alicyclic amines) is 1. The van der Waals surface area contributed by atoms with Crippen LogP contribution in [0.2, 0.25) is 5.02 Å². The second kappa shape index (κ2) is 7.80. The van der Waals surface area contributed by atoms with Gasteiger partial charge >= 0.3 is 5.97 Å². The number of nitrogens with zero attached hydrogens (tertiary/aromatic N) is 2. The van der Waals surface area contributed by atoms with Gasteiger partial charge in [-0.15, -0.1) is 0 Å². The second-order valence-corrected chi connectivity index (χ2v) is 8.34. The summed E-state index contributed by atoms with van der Waals surface area (Å²) in [4.78, 5) is 14.8. The second-order valence-electron chi connectivity index (χ2n) is 7.90. The minimum absolute atomic E-state index is 0.147. The first-order valence-corrected chi connectivity index (χ1v) is 9.35. The fourth-order valence-corrected chi connectivity index (χ4v) is 3.21. The van der Waals surface area contributed by atoms with Crippen LogP contribution in [0.1, 0.15) is 44.9 Å². The molecule has 1 saturated heterocycles. The number of hydrogen-bond donors (Lipinski definition) is 0. The van der Waals surface area contributed by atoms with Crippen molar-refractivity contribution in [3.63, 3.8) is 0 Å². The summed E-state index contributed by atoms with van der Waals surface area (Å²) >= 11 is 5.94. The number of carbonyl (C=O) groups excluding carboxylic acids is 1. The molecule has 0 amide bonds. The molecule has 6 heteroatoms. The van der Waals surface area contributed by atoms with Crippen LogP contribution in [0.3, 0.4) is 0 Å². The largest absolute Gasteiger partial charge is 0.404 e.